The van der Waals surface area contributed by atoms with E-state index in [4.69, 9.17) is 21.1 Å². The summed E-state index contributed by atoms with van der Waals surface area (Å²) >= 11 is 6.04. The lowest BCUT2D eigenvalue weighted by Gasteiger charge is -2.24. The van der Waals surface area contributed by atoms with Gasteiger partial charge < -0.3 is 14.8 Å². The number of piperidine rings is 1. The molecule has 1 aromatic carbocycles. The van der Waals surface area contributed by atoms with Gasteiger partial charge in [-0.15, -0.1) is 0 Å². The summed E-state index contributed by atoms with van der Waals surface area (Å²) in [5.41, 5.74) is 0.783. The fraction of sp³-hybridized carbons (Fsp3) is 0.571. The van der Waals surface area contributed by atoms with Crippen LogP contribution < -0.4 is 14.8 Å². The number of hydrogen-bond donors (Lipinski definition) is 1. The van der Waals surface area contributed by atoms with Crippen LogP contribution in [0.15, 0.2) is 6.07 Å². The predicted molar refractivity (Wildman–Crippen MR) is 73.9 cm³/mol. The minimum atomic E-state index is -0.525. The maximum absolute atomic E-state index is 14.2. The molecule has 3 nitrogen and oxygen atoms in total. The highest BCUT2D eigenvalue weighted by atomic mass is 35.5. The molecular formula is C14H19ClFNO2. The van der Waals surface area contributed by atoms with Gasteiger partial charge in [0.25, 0.3) is 0 Å². The van der Waals surface area contributed by atoms with Crippen LogP contribution in [0.5, 0.6) is 11.5 Å². The number of ether oxygens (including phenoxy) is 2. The highest BCUT2D eigenvalue weighted by molar-refractivity contribution is 6.32. The van der Waals surface area contributed by atoms with Crippen LogP contribution in [0, 0.1) is 5.82 Å². The predicted octanol–water partition coefficient (Wildman–Crippen LogP) is 3.18. The maximum atomic E-state index is 14.2. The Balaban J connectivity index is 2.28. The molecular weight excluding hydrogens is 269 g/mol. The number of benzene rings is 1. The lowest BCUT2D eigenvalue weighted by atomic mass is 9.97. The van der Waals surface area contributed by atoms with Gasteiger partial charge in [0.15, 0.2) is 11.5 Å². The molecule has 2 rings (SSSR count). The first-order valence-corrected chi connectivity index (χ1v) is 6.87. The van der Waals surface area contributed by atoms with E-state index in [1.54, 1.807) is 6.07 Å². The third kappa shape index (κ3) is 3.12. The molecule has 1 fully saturated rings. The number of hydrogen-bond acceptors (Lipinski definition) is 3. The Morgan fingerprint density at radius 1 is 1.32 bits per heavy atom. The molecule has 1 aromatic rings. The third-order valence-electron chi connectivity index (χ3n) is 3.50. The zero-order chi connectivity index (χ0) is 13.8. The van der Waals surface area contributed by atoms with Crippen molar-refractivity contribution in [2.75, 3.05) is 20.8 Å². The molecule has 0 saturated carbocycles. The average molecular weight is 288 g/mol. The summed E-state index contributed by atoms with van der Waals surface area (Å²) in [6, 6.07) is 2.09. The Morgan fingerprint density at radius 2 is 2.05 bits per heavy atom. The highest BCUT2D eigenvalue weighted by Crippen LogP contribution is 2.37. The van der Waals surface area contributed by atoms with Crippen molar-refractivity contribution >= 4 is 11.6 Å². The molecule has 106 valence electrons. The van der Waals surface area contributed by atoms with Gasteiger partial charge in [0.1, 0.15) is 0 Å². The van der Waals surface area contributed by atoms with Gasteiger partial charge in [-0.05, 0) is 31.9 Å². The van der Waals surface area contributed by atoms with Crippen molar-refractivity contribution in [2.24, 2.45) is 0 Å². The Morgan fingerprint density at radius 3 is 2.63 bits per heavy atom. The zero-order valence-electron chi connectivity index (χ0n) is 11.3. The Hall–Kier alpha value is -1.00. The molecule has 0 bridgehead atoms. The van der Waals surface area contributed by atoms with Crippen LogP contribution in [0.25, 0.3) is 0 Å². The van der Waals surface area contributed by atoms with Gasteiger partial charge in [-0.1, -0.05) is 18.0 Å². The van der Waals surface area contributed by atoms with Crippen LogP contribution >= 0.6 is 11.6 Å². The van der Waals surface area contributed by atoms with Crippen LogP contribution in [0.2, 0.25) is 5.02 Å². The second kappa shape index (κ2) is 6.44. The summed E-state index contributed by atoms with van der Waals surface area (Å²) in [5.74, 6) is -0.254. The molecule has 0 aromatic heterocycles. The minimum Gasteiger partial charge on any atom is -0.493 e. The summed E-state index contributed by atoms with van der Waals surface area (Å²) in [4.78, 5) is 0. The fourth-order valence-electron chi connectivity index (χ4n) is 2.56. The molecule has 1 atom stereocenters. The molecule has 1 unspecified atom stereocenters. The third-order valence-corrected chi connectivity index (χ3v) is 3.78. The van der Waals surface area contributed by atoms with Gasteiger partial charge in [0.05, 0.1) is 19.2 Å². The van der Waals surface area contributed by atoms with E-state index in [0.29, 0.717) is 12.5 Å². The topological polar surface area (TPSA) is 30.5 Å². The van der Waals surface area contributed by atoms with E-state index in [9.17, 15) is 4.39 Å². The van der Waals surface area contributed by atoms with Gasteiger partial charge in [0.2, 0.25) is 5.82 Å². The van der Waals surface area contributed by atoms with Gasteiger partial charge in [-0.25, -0.2) is 0 Å². The van der Waals surface area contributed by atoms with Crippen LogP contribution in [0.3, 0.4) is 0 Å². The summed E-state index contributed by atoms with van der Waals surface area (Å²) < 4.78 is 24.3. The minimum absolute atomic E-state index is 0.0406. The SMILES string of the molecule is COc1c(Cl)cc(CC2CCCCN2)c(OC)c1F. The largest absolute Gasteiger partial charge is 0.493 e. The molecule has 0 amide bonds. The van der Waals surface area contributed by atoms with E-state index >= 15 is 0 Å². The van der Waals surface area contributed by atoms with Crippen molar-refractivity contribution in [2.45, 2.75) is 31.7 Å². The van der Waals surface area contributed by atoms with Crippen molar-refractivity contribution < 1.29 is 13.9 Å². The molecule has 5 heteroatoms. The van der Waals surface area contributed by atoms with Crippen molar-refractivity contribution in [3.05, 3.63) is 22.5 Å². The summed E-state index contributed by atoms with van der Waals surface area (Å²) in [6.45, 7) is 1.01. The van der Waals surface area contributed by atoms with Crippen LogP contribution in [-0.4, -0.2) is 26.8 Å². The summed E-state index contributed by atoms with van der Waals surface area (Å²) in [5, 5.41) is 3.72. The van der Waals surface area contributed by atoms with Crippen LogP contribution in [0.1, 0.15) is 24.8 Å². The van der Waals surface area contributed by atoms with Crippen LogP contribution in [-0.2, 0) is 6.42 Å². The van der Waals surface area contributed by atoms with Gasteiger partial charge in [-0.2, -0.15) is 4.39 Å². The molecule has 19 heavy (non-hydrogen) atoms. The Labute approximate surface area is 118 Å². The highest BCUT2D eigenvalue weighted by Gasteiger charge is 2.22. The van der Waals surface area contributed by atoms with Gasteiger partial charge in [0, 0.05) is 11.6 Å². The van der Waals surface area contributed by atoms with Crippen molar-refractivity contribution in [3.63, 3.8) is 0 Å². The van der Waals surface area contributed by atoms with Crippen molar-refractivity contribution in [1.82, 2.24) is 5.32 Å². The molecule has 0 spiro atoms. The molecule has 1 saturated heterocycles. The Kier molecular flexibility index (Phi) is 4.88. The van der Waals surface area contributed by atoms with E-state index in [1.807, 2.05) is 0 Å². The smallest absolute Gasteiger partial charge is 0.208 e. The van der Waals surface area contributed by atoms with E-state index in [-0.39, 0.29) is 16.5 Å². The molecule has 1 aliphatic heterocycles. The van der Waals surface area contributed by atoms with E-state index in [0.717, 1.165) is 18.5 Å². The number of methoxy groups -OCH3 is 2. The molecule has 1 heterocycles. The van der Waals surface area contributed by atoms with E-state index in [1.165, 1.54) is 27.1 Å². The standard InChI is InChI=1S/C14H19ClFNO2/c1-18-13-9(7-10-5-3-4-6-17-10)8-11(15)14(19-2)12(13)16/h8,10,17H,3-7H2,1-2H3. The fourth-order valence-corrected chi connectivity index (χ4v) is 2.85. The first-order chi connectivity index (χ1) is 9.17. The molecule has 1 aliphatic rings. The second-order valence-corrected chi connectivity index (χ2v) is 5.16. The maximum Gasteiger partial charge on any atom is 0.208 e. The molecule has 1 N–H and O–H groups in total. The lowest BCUT2D eigenvalue weighted by Crippen LogP contribution is -2.35. The quantitative estimate of drug-likeness (QED) is 0.923. The first-order valence-electron chi connectivity index (χ1n) is 6.49. The number of nitrogens with one attached hydrogen (secondary N) is 1. The van der Waals surface area contributed by atoms with E-state index in [2.05, 4.69) is 5.32 Å². The molecule has 0 aliphatic carbocycles. The normalized spacial score (nSPS) is 19.3. The number of halogens is 2. The lowest BCUT2D eigenvalue weighted by molar-refractivity contribution is 0.342. The average Bonchev–Trinajstić information content (AvgIpc) is 2.40. The summed E-state index contributed by atoms with van der Waals surface area (Å²) in [6.07, 6.45) is 4.20. The van der Waals surface area contributed by atoms with Crippen LogP contribution in [0.4, 0.5) is 4.39 Å². The van der Waals surface area contributed by atoms with Gasteiger partial charge >= 0.3 is 0 Å². The second-order valence-electron chi connectivity index (χ2n) is 4.75. The first kappa shape index (κ1) is 14.4. The van der Waals surface area contributed by atoms with Crippen molar-refractivity contribution in [3.8, 4) is 11.5 Å². The van der Waals surface area contributed by atoms with Crippen molar-refractivity contribution in [1.29, 1.82) is 0 Å². The molecule has 0 radical (unpaired) electrons. The Bertz CT molecular complexity index is 448. The zero-order valence-corrected chi connectivity index (χ0v) is 12.0. The summed E-state index contributed by atoms with van der Waals surface area (Å²) in [7, 11) is 2.86. The number of rotatable bonds is 4. The van der Waals surface area contributed by atoms with Gasteiger partial charge in [-0.3, -0.25) is 0 Å². The monoisotopic (exact) mass is 287 g/mol. The van der Waals surface area contributed by atoms with E-state index < -0.39 is 5.82 Å².